The van der Waals surface area contributed by atoms with Gasteiger partial charge >= 0.3 is 0 Å². The Morgan fingerprint density at radius 1 is 0.714 bits per heavy atom. The van der Waals surface area contributed by atoms with Gasteiger partial charge in [0.1, 0.15) is 0 Å². The first kappa shape index (κ1) is 13.9. The molecule has 2 aromatic rings. The number of hydrogen-bond acceptors (Lipinski definition) is 0. The Labute approximate surface area is 127 Å². The van der Waals surface area contributed by atoms with Crippen LogP contribution in [0.25, 0.3) is 0 Å². The molecule has 0 heterocycles. The lowest BCUT2D eigenvalue weighted by atomic mass is 9.78. The maximum atomic E-state index is 2.44. The lowest BCUT2D eigenvalue weighted by Crippen LogP contribution is -2.12. The normalized spacial score (nSPS) is 18.3. The topological polar surface area (TPSA) is 0 Å². The Balaban J connectivity index is 2.11. The zero-order valence-electron chi connectivity index (χ0n) is 13.0. The number of benzene rings is 2. The predicted molar refractivity (Wildman–Crippen MR) is 90.3 cm³/mol. The first-order valence-electron chi connectivity index (χ1n) is 7.64. The first-order chi connectivity index (χ1) is 10.2. The fraction of sp³-hybridized carbons (Fsp3) is 0.238. The number of rotatable bonds is 3. The standard InChI is InChI=1S/C21H22/c1-15-14-20(17(3)16(15)2)21(18-10-6-4-7-11-18)19-12-8-5-9-13-19/h4-14,20-21H,1-3H3. The summed E-state index contributed by atoms with van der Waals surface area (Å²) in [4.78, 5) is 0. The van der Waals surface area contributed by atoms with E-state index in [0.29, 0.717) is 11.8 Å². The maximum absolute atomic E-state index is 2.44. The Bertz CT molecular complexity index is 635. The third-order valence-electron chi connectivity index (χ3n) is 4.79. The molecule has 0 nitrogen and oxygen atoms in total. The summed E-state index contributed by atoms with van der Waals surface area (Å²) >= 11 is 0. The van der Waals surface area contributed by atoms with Gasteiger partial charge in [-0.3, -0.25) is 0 Å². The summed E-state index contributed by atoms with van der Waals surface area (Å²) in [6.07, 6.45) is 2.44. The van der Waals surface area contributed by atoms with Crippen molar-refractivity contribution in [3.8, 4) is 0 Å². The number of hydrogen-bond donors (Lipinski definition) is 0. The fourth-order valence-corrected chi connectivity index (χ4v) is 3.35. The van der Waals surface area contributed by atoms with Gasteiger partial charge in [0, 0.05) is 11.8 Å². The maximum Gasteiger partial charge on any atom is 0.0190 e. The predicted octanol–water partition coefficient (Wildman–Crippen LogP) is 5.73. The van der Waals surface area contributed by atoms with Gasteiger partial charge in [-0.25, -0.2) is 0 Å². The monoisotopic (exact) mass is 274 g/mol. The highest BCUT2D eigenvalue weighted by molar-refractivity contribution is 5.47. The van der Waals surface area contributed by atoms with Crippen LogP contribution in [-0.2, 0) is 0 Å². The number of allylic oxidation sites excluding steroid dienone is 4. The minimum absolute atomic E-state index is 0.403. The van der Waals surface area contributed by atoms with Crippen molar-refractivity contribution in [3.63, 3.8) is 0 Å². The molecule has 1 aliphatic rings. The van der Waals surface area contributed by atoms with Crippen LogP contribution in [0.3, 0.4) is 0 Å². The van der Waals surface area contributed by atoms with Crippen molar-refractivity contribution in [3.05, 3.63) is 94.6 Å². The van der Waals surface area contributed by atoms with Crippen LogP contribution in [0.4, 0.5) is 0 Å². The van der Waals surface area contributed by atoms with Crippen molar-refractivity contribution < 1.29 is 0 Å². The van der Waals surface area contributed by atoms with E-state index in [1.165, 1.54) is 27.8 Å². The second-order valence-electron chi connectivity index (χ2n) is 5.98. The highest BCUT2D eigenvalue weighted by Gasteiger charge is 2.29. The molecule has 0 saturated heterocycles. The van der Waals surface area contributed by atoms with Crippen LogP contribution >= 0.6 is 0 Å². The molecule has 0 spiro atoms. The highest BCUT2D eigenvalue weighted by Crippen LogP contribution is 2.43. The molecule has 1 unspecified atom stereocenters. The first-order valence-corrected chi connectivity index (χ1v) is 7.64. The van der Waals surface area contributed by atoms with Gasteiger partial charge in [-0.1, -0.05) is 77.9 Å². The zero-order chi connectivity index (χ0) is 14.8. The quantitative estimate of drug-likeness (QED) is 0.670. The molecule has 0 fully saturated rings. The Morgan fingerprint density at radius 2 is 1.19 bits per heavy atom. The van der Waals surface area contributed by atoms with E-state index in [1.54, 1.807) is 0 Å². The van der Waals surface area contributed by atoms with Gasteiger partial charge in [0.25, 0.3) is 0 Å². The zero-order valence-corrected chi connectivity index (χ0v) is 13.0. The van der Waals surface area contributed by atoms with E-state index in [4.69, 9.17) is 0 Å². The van der Waals surface area contributed by atoms with Crippen molar-refractivity contribution in [2.75, 3.05) is 0 Å². The van der Waals surface area contributed by atoms with Crippen LogP contribution in [0.1, 0.15) is 37.8 Å². The summed E-state index contributed by atoms with van der Waals surface area (Å²) in [5.74, 6) is 0.870. The van der Waals surface area contributed by atoms with Gasteiger partial charge in [-0.05, 0) is 37.5 Å². The average molecular weight is 274 g/mol. The van der Waals surface area contributed by atoms with Crippen molar-refractivity contribution in [1.29, 1.82) is 0 Å². The van der Waals surface area contributed by atoms with E-state index < -0.39 is 0 Å². The molecule has 0 radical (unpaired) electrons. The molecule has 1 atom stereocenters. The molecule has 0 aromatic heterocycles. The molecular weight excluding hydrogens is 252 g/mol. The fourth-order valence-electron chi connectivity index (χ4n) is 3.35. The van der Waals surface area contributed by atoms with E-state index in [-0.39, 0.29) is 0 Å². The Kier molecular flexibility index (Phi) is 3.79. The van der Waals surface area contributed by atoms with Crippen molar-refractivity contribution in [2.45, 2.75) is 26.7 Å². The SMILES string of the molecule is CC1=CC(C(c2ccccc2)c2ccccc2)C(C)=C1C. The molecule has 1 aliphatic carbocycles. The van der Waals surface area contributed by atoms with E-state index in [9.17, 15) is 0 Å². The Morgan fingerprint density at radius 3 is 1.57 bits per heavy atom. The van der Waals surface area contributed by atoms with E-state index in [1.807, 2.05) is 0 Å². The second kappa shape index (κ2) is 5.73. The molecule has 0 bridgehead atoms. The lowest BCUT2D eigenvalue weighted by molar-refractivity contribution is 0.656. The lowest BCUT2D eigenvalue weighted by Gasteiger charge is -2.25. The van der Waals surface area contributed by atoms with Crippen molar-refractivity contribution >= 4 is 0 Å². The van der Waals surface area contributed by atoms with Crippen LogP contribution in [0.15, 0.2) is 83.5 Å². The van der Waals surface area contributed by atoms with Gasteiger partial charge in [0.05, 0.1) is 0 Å². The largest absolute Gasteiger partial charge is 0.0732 e. The minimum atomic E-state index is 0.403. The summed E-state index contributed by atoms with van der Waals surface area (Å²) in [5, 5.41) is 0. The summed E-state index contributed by atoms with van der Waals surface area (Å²) in [6.45, 7) is 6.76. The van der Waals surface area contributed by atoms with Crippen LogP contribution in [-0.4, -0.2) is 0 Å². The average Bonchev–Trinajstić information content (AvgIpc) is 2.78. The summed E-state index contributed by atoms with van der Waals surface area (Å²) in [5.41, 5.74) is 7.18. The van der Waals surface area contributed by atoms with Crippen LogP contribution in [0, 0.1) is 5.92 Å². The molecule has 3 rings (SSSR count). The van der Waals surface area contributed by atoms with Gasteiger partial charge in [-0.2, -0.15) is 0 Å². The molecule has 0 aliphatic heterocycles. The Hall–Kier alpha value is -2.08. The van der Waals surface area contributed by atoms with Crippen LogP contribution < -0.4 is 0 Å². The molecular formula is C21H22. The van der Waals surface area contributed by atoms with Crippen molar-refractivity contribution in [2.24, 2.45) is 5.92 Å². The van der Waals surface area contributed by atoms with Gasteiger partial charge in [-0.15, -0.1) is 0 Å². The van der Waals surface area contributed by atoms with E-state index in [2.05, 4.69) is 87.5 Å². The second-order valence-corrected chi connectivity index (χ2v) is 5.98. The molecule has 0 heteroatoms. The van der Waals surface area contributed by atoms with E-state index >= 15 is 0 Å². The van der Waals surface area contributed by atoms with Crippen LogP contribution in [0.5, 0.6) is 0 Å². The van der Waals surface area contributed by atoms with Gasteiger partial charge < -0.3 is 0 Å². The molecule has 0 N–H and O–H groups in total. The summed E-state index contributed by atoms with van der Waals surface area (Å²) in [7, 11) is 0. The molecule has 2 aromatic carbocycles. The van der Waals surface area contributed by atoms with E-state index in [0.717, 1.165) is 0 Å². The third-order valence-corrected chi connectivity index (χ3v) is 4.79. The molecule has 0 amide bonds. The summed E-state index contributed by atoms with van der Waals surface area (Å²) in [6, 6.07) is 21.8. The van der Waals surface area contributed by atoms with Crippen molar-refractivity contribution in [1.82, 2.24) is 0 Å². The molecule has 106 valence electrons. The van der Waals surface area contributed by atoms with Gasteiger partial charge in [0.15, 0.2) is 0 Å². The van der Waals surface area contributed by atoms with Crippen LogP contribution in [0.2, 0.25) is 0 Å². The van der Waals surface area contributed by atoms with Gasteiger partial charge in [0.2, 0.25) is 0 Å². The summed E-state index contributed by atoms with van der Waals surface area (Å²) < 4.78 is 0. The minimum Gasteiger partial charge on any atom is -0.0732 e. The smallest absolute Gasteiger partial charge is 0.0190 e. The molecule has 21 heavy (non-hydrogen) atoms. The highest BCUT2D eigenvalue weighted by atomic mass is 14.3. The molecule has 0 saturated carbocycles. The third kappa shape index (κ3) is 2.58.